The topological polar surface area (TPSA) is 45.2 Å². The van der Waals surface area contributed by atoms with Crippen LogP contribution in [0.4, 0.5) is 0 Å². The van der Waals surface area contributed by atoms with Crippen LogP contribution in [0.1, 0.15) is 37.8 Å². The van der Waals surface area contributed by atoms with Gasteiger partial charge in [-0.25, -0.2) is 0 Å². The summed E-state index contributed by atoms with van der Waals surface area (Å²) in [5.41, 5.74) is 1.04. The van der Waals surface area contributed by atoms with Crippen molar-refractivity contribution in [2.24, 2.45) is 0 Å². The van der Waals surface area contributed by atoms with Crippen LogP contribution in [0, 0.1) is 0 Å². The molecule has 0 aliphatic carbocycles. The van der Waals surface area contributed by atoms with E-state index in [-0.39, 0.29) is 11.9 Å². The number of carbonyl (C=O) groups is 1. The van der Waals surface area contributed by atoms with E-state index in [1.807, 2.05) is 18.2 Å². The van der Waals surface area contributed by atoms with Crippen molar-refractivity contribution in [3.05, 3.63) is 30.1 Å². The molecule has 2 atom stereocenters. The van der Waals surface area contributed by atoms with Gasteiger partial charge in [-0.3, -0.25) is 14.7 Å². The largest absolute Gasteiger partial charge is 0.354 e. The Hall–Kier alpha value is -1.42. The Morgan fingerprint density at radius 1 is 1.30 bits per heavy atom. The third-order valence-corrected chi connectivity index (χ3v) is 4.56. The Morgan fingerprint density at radius 2 is 2.25 bits per heavy atom. The zero-order valence-electron chi connectivity index (χ0n) is 11.9. The number of amides is 1. The summed E-state index contributed by atoms with van der Waals surface area (Å²) in [5.74, 6) is 0.213. The first-order valence-electron chi connectivity index (χ1n) is 7.78. The maximum atomic E-state index is 12.3. The first kappa shape index (κ1) is 13.6. The van der Waals surface area contributed by atoms with Crippen LogP contribution >= 0.6 is 0 Å². The molecule has 2 aliphatic rings. The number of nitrogens with one attached hydrogen (secondary N) is 1. The number of aromatic nitrogens is 1. The number of rotatable bonds is 4. The highest BCUT2D eigenvalue weighted by atomic mass is 16.2. The molecule has 1 N–H and O–H groups in total. The van der Waals surface area contributed by atoms with Crippen molar-refractivity contribution in [3.8, 4) is 0 Å². The summed E-state index contributed by atoms with van der Waals surface area (Å²) in [6.45, 7) is 1.79. The second-order valence-electron chi connectivity index (χ2n) is 5.84. The van der Waals surface area contributed by atoms with Gasteiger partial charge in [0.25, 0.3) is 0 Å². The minimum atomic E-state index is 0.115. The molecule has 1 aromatic heterocycles. The van der Waals surface area contributed by atoms with Crippen LogP contribution < -0.4 is 5.32 Å². The second-order valence-corrected chi connectivity index (χ2v) is 5.84. The molecule has 3 heterocycles. The van der Waals surface area contributed by atoms with Crippen LogP contribution in [-0.4, -0.2) is 41.0 Å². The SMILES string of the molecule is O=C(NCCc1ccccn1)C1CCC2CCCCN21. The van der Waals surface area contributed by atoms with Gasteiger partial charge in [0.2, 0.25) is 5.91 Å². The Labute approximate surface area is 120 Å². The van der Waals surface area contributed by atoms with E-state index in [1.54, 1.807) is 6.20 Å². The monoisotopic (exact) mass is 273 g/mol. The smallest absolute Gasteiger partial charge is 0.237 e. The molecule has 1 aromatic rings. The first-order valence-corrected chi connectivity index (χ1v) is 7.78. The minimum Gasteiger partial charge on any atom is -0.354 e. The van der Waals surface area contributed by atoms with Gasteiger partial charge in [-0.15, -0.1) is 0 Å². The summed E-state index contributed by atoms with van der Waals surface area (Å²) < 4.78 is 0. The molecule has 0 bridgehead atoms. The van der Waals surface area contributed by atoms with Gasteiger partial charge in [-0.1, -0.05) is 12.5 Å². The summed E-state index contributed by atoms with van der Waals surface area (Å²) in [6, 6.07) is 6.68. The molecule has 2 fully saturated rings. The van der Waals surface area contributed by atoms with Gasteiger partial charge in [0.15, 0.2) is 0 Å². The van der Waals surface area contributed by atoms with Crippen LogP contribution in [0.15, 0.2) is 24.4 Å². The van der Waals surface area contributed by atoms with E-state index >= 15 is 0 Å². The molecule has 2 saturated heterocycles. The second kappa shape index (κ2) is 6.35. The molecule has 0 saturated carbocycles. The fraction of sp³-hybridized carbons (Fsp3) is 0.625. The molecule has 2 unspecified atom stereocenters. The number of nitrogens with zero attached hydrogens (tertiary/aromatic N) is 2. The fourth-order valence-electron chi connectivity index (χ4n) is 3.52. The van der Waals surface area contributed by atoms with Crippen LogP contribution in [-0.2, 0) is 11.2 Å². The summed E-state index contributed by atoms with van der Waals surface area (Å²) in [4.78, 5) is 19.0. The number of carbonyl (C=O) groups excluding carboxylic acids is 1. The number of hydrogen-bond donors (Lipinski definition) is 1. The van der Waals surface area contributed by atoms with Crippen molar-refractivity contribution < 1.29 is 4.79 Å². The highest BCUT2D eigenvalue weighted by molar-refractivity contribution is 5.82. The number of piperidine rings is 1. The quantitative estimate of drug-likeness (QED) is 0.909. The molecular weight excluding hydrogens is 250 g/mol. The molecule has 1 amide bonds. The summed E-state index contributed by atoms with van der Waals surface area (Å²) in [7, 11) is 0. The van der Waals surface area contributed by atoms with Gasteiger partial charge in [-0.05, 0) is 44.4 Å². The molecule has 2 aliphatic heterocycles. The molecule has 0 radical (unpaired) electrons. The van der Waals surface area contributed by atoms with E-state index in [1.165, 1.54) is 25.7 Å². The van der Waals surface area contributed by atoms with E-state index in [0.29, 0.717) is 12.6 Å². The van der Waals surface area contributed by atoms with E-state index in [4.69, 9.17) is 0 Å². The van der Waals surface area contributed by atoms with Crippen molar-refractivity contribution in [3.63, 3.8) is 0 Å². The minimum absolute atomic E-state index is 0.115. The lowest BCUT2D eigenvalue weighted by molar-refractivity contribution is -0.126. The lowest BCUT2D eigenvalue weighted by atomic mass is 10.0. The Morgan fingerprint density at radius 3 is 3.10 bits per heavy atom. The maximum Gasteiger partial charge on any atom is 0.237 e. The van der Waals surface area contributed by atoms with Gasteiger partial charge < -0.3 is 5.32 Å². The van der Waals surface area contributed by atoms with Crippen molar-refractivity contribution >= 4 is 5.91 Å². The van der Waals surface area contributed by atoms with Crippen LogP contribution in [0.3, 0.4) is 0 Å². The first-order chi connectivity index (χ1) is 9.84. The van der Waals surface area contributed by atoms with Gasteiger partial charge in [0, 0.05) is 30.9 Å². The maximum absolute atomic E-state index is 12.3. The molecule has 0 spiro atoms. The van der Waals surface area contributed by atoms with Crippen LogP contribution in [0.25, 0.3) is 0 Å². The average molecular weight is 273 g/mol. The summed E-state index contributed by atoms with van der Waals surface area (Å²) in [5, 5.41) is 3.09. The lowest BCUT2D eigenvalue weighted by Gasteiger charge is -2.33. The fourth-order valence-corrected chi connectivity index (χ4v) is 3.52. The Kier molecular flexibility index (Phi) is 4.31. The molecule has 20 heavy (non-hydrogen) atoms. The normalized spacial score (nSPS) is 26.2. The predicted molar refractivity (Wildman–Crippen MR) is 78.3 cm³/mol. The molecule has 3 rings (SSSR count). The van der Waals surface area contributed by atoms with E-state index < -0.39 is 0 Å². The van der Waals surface area contributed by atoms with Crippen LogP contribution in [0.5, 0.6) is 0 Å². The predicted octanol–water partition coefficient (Wildman–Crippen LogP) is 1.76. The standard InChI is InChI=1S/C16H23N3O/c20-16(18-11-9-13-5-1-3-10-17-13)15-8-7-14-6-2-4-12-19(14)15/h1,3,5,10,14-15H,2,4,6-9,11-12H2,(H,18,20). The van der Waals surface area contributed by atoms with Gasteiger partial charge in [-0.2, -0.15) is 0 Å². The molecule has 108 valence electrons. The summed E-state index contributed by atoms with van der Waals surface area (Å²) >= 11 is 0. The van der Waals surface area contributed by atoms with Gasteiger partial charge >= 0.3 is 0 Å². The molecule has 0 aromatic carbocycles. The number of pyridine rings is 1. The summed E-state index contributed by atoms with van der Waals surface area (Å²) in [6.07, 6.45) is 8.68. The Bertz CT molecular complexity index is 448. The van der Waals surface area contributed by atoms with Crippen LogP contribution in [0.2, 0.25) is 0 Å². The number of fused-ring (bicyclic) bond motifs is 1. The third-order valence-electron chi connectivity index (χ3n) is 4.56. The Balaban J connectivity index is 1.47. The molecule has 4 nitrogen and oxygen atoms in total. The van der Waals surface area contributed by atoms with Crippen molar-refractivity contribution in [2.75, 3.05) is 13.1 Å². The third kappa shape index (κ3) is 3.01. The zero-order chi connectivity index (χ0) is 13.8. The average Bonchev–Trinajstić information content (AvgIpc) is 2.92. The van der Waals surface area contributed by atoms with Gasteiger partial charge in [0.05, 0.1) is 6.04 Å². The van der Waals surface area contributed by atoms with E-state index in [2.05, 4.69) is 15.2 Å². The highest BCUT2D eigenvalue weighted by Gasteiger charge is 2.38. The van der Waals surface area contributed by atoms with Crippen molar-refractivity contribution in [1.29, 1.82) is 0 Å². The number of hydrogen-bond acceptors (Lipinski definition) is 3. The lowest BCUT2D eigenvalue weighted by Crippen LogP contribution is -2.48. The van der Waals surface area contributed by atoms with E-state index in [9.17, 15) is 4.79 Å². The van der Waals surface area contributed by atoms with Crippen molar-refractivity contribution in [1.82, 2.24) is 15.2 Å². The zero-order valence-corrected chi connectivity index (χ0v) is 11.9. The highest BCUT2D eigenvalue weighted by Crippen LogP contribution is 2.31. The van der Waals surface area contributed by atoms with E-state index in [0.717, 1.165) is 25.1 Å². The van der Waals surface area contributed by atoms with Crippen molar-refractivity contribution in [2.45, 2.75) is 50.6 Å². The molecular formula is C16H23N3O. The van der Waals surface area contributed by atoms with Gasteiger partial charge in [0.1, 0.15) is 0 Å². The molecule has 4 heteroatoms.